The van der Waals surface area contributed by atoms with E-state index in [0.29, 0.717) is 21.9 Å². The molecular formula is C24H22N2O5S. The fourth-order valence-electron chi connectivity index (χ4n) is 3.45. The lowest BCUT2D eigenvalue weighted by Crippen LogP contribution is -2.23. The summed E-state index contributed by atoms with van der Waals surface area (Å²) in [6.45, 7) is 1.99. The first-order chi connectivity index (χ1) is 15.5. The van der Waals surface area contributed by atoms with Gasteiger partial charge >= 0.3 is 5.97 Å². The smallest absolute Gasteiger partial charge is 0.326 e. The molecular weight excluding hydrogens is 428 g/mol. The Kier molecular flexibility index (Phi) is 6.23. The Morgan fingerprint density at radius 1 is 1.00 bits per heavy atom. The number of carbonyl (C=O) groups excluding carboxylic acids is 2. The van der Waals surface area contributed by atoms with Crippen LogP contribution >= 0.6 is 11.3 Å². The molecule has 0 saturated heterocycles. The predicted octanol–water partition coefficient (Wildman–Crippen LogP) is 4.18. The lowest BCUT2D eigenvalue weighted by Gasteiger charge is -2.07. The van der Waals surface area contributed by atoms with E-state index in [4.69, 9.17) is 14.2 Å². The maximum Gasteiger partial charge on any atom is 0.326 e. The number of rotatable bonds is 6. The minimum Gasteiger partial charge on any atom is -0.497 e. The molecule has 32 heavy (non-hydrogen) atoms. The quantitative estimate of drug-likeness (QED) is 0.412. The van der Waals surface area contributed by atoms with Crippen molar-refractivity contribution in [2.75, 3.05) is 20.8 Å². The number of esters is 1. The van der Waals surface area contributed by atoms with Crippen LogP contribution in [0.3, 0.4) is 0 Å². The SMILES string of the molecule is CCOC(=O)Cn1c(=NC(=O)c2cc(OC)cc(OC)c2)sc2c3ccccc3ccc21. The Morgan fingerprint density at radius 2 is 1.72 bits per heavy atom. The molecule has 1 aromatic heterocycles. The maximum absolute atomic E-state index is 13.1. The second-order valence-electron chi connectivity index (χ2n) is 6.93. The van der Waals surface area contributed by atoms with Crippen molar-refractivity contribution in [1.82, 2.24) is 4.57 Å². The number of methoxy groups -OCH3 is 2. The van der Waals surface area contributed by atoms with Gasteiger partial charge in [0.05, 0.1) is 31.0 Å². The average molecular weight is 451 g/mol. The van der Waals surface area contributed by atoms with Crippen LogP contribution in [-0.4, -0.2) is 37.3 Å². The lowest BCUT2D eigenvalue weighted by molar-refractivity contribution is -0.143. The summed E-state index contributed by atoms with van der Waals surface area (Å²) in [5, 5.41) is 2.10. The van der Waals surface area contributed by atoms with Crippen LogP contribution in [0.5, 0.6) is 11.5 Å². The highest BCUT2D eigenvalue weighted by Crippen LogP contribution is 2.28. The molecule has 7 nitrogen and oxygen atoms in total. The molecule has 0 aliphatic rings. The molecule has 0 aliphatic carbocycles. The van der Waals surface area contributed by atoms with E-state index in [2.05, 4.69) is 4.99 Å². The molecule has 0 saturated carbocycles. The molecule has 0 atom stereocenters. The number of amides is 1. The number of aromatic nitrogens is 1. The van der Waals surface area contributed by atoms with E-state index >= 15 is 0 Å². The summed E-state index contributed by atoms with van der Waals surface area (Å²) in [5.41, 5.74) is 1.14. The first-order valence-electron chi connectivity index (χ1n) is 10.0. The van der Waals surface area contributed by atoms with E-state index < -0.39 is 11.9 Å². The third-order valence-corrected chi connectivity index (χ3v) is 6.09. The molecule has 0 spiro atoms. The number of carbonyl (C=O) groups is 2. The Balaban J connectivity index is 1.90. The fraction of sp³-hybridized carbons (Fsp3) is 0.208. The summed E-state index contributed by atoms with van der Waals surface area (Å²) in [4.78, 5) is 30.1. The predicted molar refractivity (Wildman–Crippen MR) is 123 cm³/mol. The first-order valence-corrected chi connectivity index (χ1v) is 10.8. The number of fused-ring (bicyclic) bond motifs is 3. The number of thiazole rings is 1. The van der Waals surface area contributed by atoms with Crippen LogP contribution in [0.4, 0.5) is 0 Å². The third-order valence-electron chi connectivity index (χ3n) is 4.96. The number of nitrogens with zero attached hydrogens (tertiary/aromatic N) is 2. The van der Waals surface area contributed by atoms with Crippen LogP contribution in [0, 0.1) is 0 Å². The van der Waals surface area contributed by atoms with Gasteiger partial charge in [0.25, 0.3) is 5.91 Å². The van der Waals surface area contributed by atoms with Crippen molar-refractivity contribution in [2.45, 2.75) is 13.5 Å². The first kappa shape index (κ1) is 21.6. The molecule has 1 heterocycles. The highest BCUT2D eigenvalue weighted by molar-refractivity contribution is 7.17. The number of hydrogen-bond acceptors (Lipinski definition) is 6. The van der Waals surface area contributed by atoms with Crippen molar-refractivity contribution in [1.29, 1.82) is 0 Å². The average Bonchev–Trinajstić information content (AvgIpc) is 3.15. The van der Waals surface area contributed by atoms with E-state index in [1.807, 2.05) is 36.4 Å². The van der Waals surface area contributed by atoms with Crippen molar-refractivity contribution >= 4 is 44.2 Å². The van der Waals surface area contributed by atoms with Gasteiger partial charge in [-0.25, -0.2) is 0 Å². The summed E-state index contributed by atoms with van der Waals surface area (Å²) < 4.78 is 18.3. The number of hydrogen-bond donors (Lipinski definition) is 0. The molecule has 0 unspecified atom stereocenters. The van der Waals surface area contributed by atoms with Crippen molar-refractivity contribution in [2.24, 2.45) is 4.99 Å². The molecule has 0 aliphatic heterocycles. The van der Waals surface area contributed by atoms with Gasteiger partial charge in [-0.3, -0.25) is 9.59 Å². The van der Waals surface area contributed by atoms with E-state index in [1.165, 1.54) is 25.6 Å². The Bertz CT molecular complexity index is 1360. The normalized spacial score (nSPS) is 11.7. The molecule has 8 heteroatoms. The van der Waals surface area contributed by atoms with E-state index in [1.54, 1.807) is 29.7 Å². The summed E-state index contributed by atoms with van der Waals surface area (Å²) in [6, 6.07) is 16.8. The minimum atomic E-state index is -0.462. The van der Waals surface area contributed by atoms with Gasteiger partial charge in [-0.05, 0) is 30.5 Å². The topological polar surface area (TPSA) is 79.1 Å². The molecule has 4 aromatic rings. The van der Waals surface area contributed by atoms with E-state index in [9.17, 15) is 9.59 Å². The van der Waals surface area contributed by atoms with Gasteiger partial charge in [0.15, 0.2) is 4.80 Å². The molecule has 0 bridgehead atoms. The van der Waals surface area contributed by atoms with Gasteiger partial charge in [0, 0.05) is 17.0 Å². The summed E-state index contributed by atoms with van der Waals surface area (Å²) in [7, 11) is 3.04. The zero-order valence-corrected chi connectivity index (χ0v) is 18.8. The van der Waals surface area contributed by atoms with Gasteiger partial charge in [0.2, 0.25) is 0 Å². The van der Waals surface area contributed by atoms with Crippen molar-refractivity contribution in [3.8, 4) is 11.5 Å². The van der Waals surface area contributed by atoms with Crippen LogP contribution in [0.2, 0.25) is 0 Å². The molecule has 0 N–H and O–H groups in total. The molecule has 4 rings (SSSR count). The second kappa shape index (κ2) is 9.23. The van der Waals surface area contributed by atoms with Crippen molar-refractivity contribution < 1.29 is 23.8 Å². The largest absolute Gasteiger partial charge is 0.497 e. The van der Waals surface area contributed by atoms with Crippen LogP contribution in [-0.2, 0) is 16.1 Å². The highest BCUT2D eigenvalue weighted by Gasteiger charge is 2.15. The van der Waals surface area contributed by atoms with Gasteiger partial charge in [0.1, 0.15) is 18.0 Å². The van der Waals surface area contributed by atoms with Crippen LogP contribution in [0.15, 0.2) is 59.6 Å². The highest BCUT2D eigenvalue weighted by atomic mass is 32.1. The standard InChI is InChI=1S/C24H22N2O5S/c1-4-31-21(27)14-26-20-10-9-15-7-5-6-8-19(15)22(20)32-24(26)25-23(28)16-11-17(29-2)13-18(12-16)30-3/h5-13H,4,14H2,1-3H3. The Hall–Kier alpha value is -3.65. The van der Waals surface area contributed by atoms with Gasteiger partial charge in [-0.2, -0.15) is 4.99 Å². The van der Waals surface area contributed by atoms with Gasteiger partial charge in [-0.1, -0.05) is 41.7 Å². The molecule has 0 radical (unpaired) electrons. The molecule has 0 fully saturated rings. The number of benzene rings is 3. The summed E-state index contributed by atoms with van der Waals surface area (Å²) >= 11 is 1.36. The van der Waals surface area contributed by atoms with E-state index in [0.717, 1.165) is 21.0 Å². The summed E-state index contributed by atoms with van der Waals surface area (Å²) in [5.74, 6) is 0.127. The molecule has 164 valence electrons. The van der Waals surface area contributed by atoms with Gasteiger partial charge in [-0.15, -0.1) is 0 Å². The van der Waals surface area contributed by atoms with Crippen molar-refractivity contribution in [3.05, 3.63) is 65.0 Å². The van der Waals surface area contributed by atoms with Crippen LogP contribution < -0.4 is 14.3 Å². The fourth-order valence-corrected chi connectivity index (χ4v) is 4.62. The zero-order valence-electron chi connectivity index (χ0n) is 18.0. The van der Waals surface area contributed by atoms with Gasteiger partial charge < -0.3 is 18.8 Å². The minimum absolute atomic E-state index is 0.0419. The maximum atomic E-state index is 13.1. The van der Waals surface area contributed by atoms with Crippen molar-refractivity contribution in [3.63, 3.8) is 0 Å². The van der Waals surface area contributed by atoms with Crippen LogP contribution in [0.1, 0.15) is 17.3 Å². The third kappa shape index (κ3) is 4.22. The Labute approximate surface area is 188 Å². The zero-order chi connectivity index (χ0) is 22.7. The molecule has 1 amide bonds. The second-order valence-corrected chi connectivity index (χ2v) is 7.91. The monoisotopic (exact) mass is 450 g/mol. The lowest BCUT2D eigenvalue weighted by atomic mass is 10.1. The van der Waals surface area contributed by atoms with Crippen LogP contribution in [0.25, 0.3) is 21.0 Å². The number of ether oxygens (including phenoxy) is 3. The van der Waals surface area contributed by atoms with E-state index in [-0.39, 0.29) is 13.2 Å². The summed E-state index contributed by atoms with van der Waals surface area (Å²) in [6.07, 6.45) is 0. The Morgan fingerprint density at radius 3 is 2.41 bits per heavy atom. The molecule has 3 aromatic carbocycles.